The van der Waals surface area contributed by atoms with Crippen LogP contribution in [0.15, 0.2) is 67.3 Å². The normalized spacial score (nSPS) is 22.7. The van der Waals surface area contributed by atoms with Crippen molar-refractivity contribution >= 4 is 35.3 Å². The third kappa shape index (κ3) is 5.00. The van der Waals surface area contributed by atoms with Crippen LogP contribution in [0.5, 0.6) is 0 Å². The Morgan fingerprint density at radius 1 is 1.03 bits per heavy atom. The number of nitrogens with one attached hydrogen (secondary N) is 1. The third-order valence-corrected chi connectivity index (χ3v) is 8.79. The molecule has 2 saturated heterocycles. The van der Waals surface area contributed by atoms with Gasteiger partial charge in [0.1, 0.15) is 5.37 Å². The summed E-state index contributed by atoms with van der Waals surface area (Å²) in [6.07, 6.45) is 4.25. The Hall–Kier alpha value is -3.26. The first-order valence-corrected chi connectivity index (χ1v) is 13.5. The number of amides is 4. The van der Waals surface area contributed by atoms with Gasteiger partial charge in [-0.15, -0.1) is 18.3 Å². The number of carbonyl (C=O) groups excluding carboxylic acids is 3. The maximum absolute atomic E-state index is 13.2. The number of anilines is 1. The maximum atomic E-state index is 13.2. The van der Waals surface area contributed by atoms with Crippen molar-refractivity contribution in [2.45, 2.75) is 42.3 Å². The quantitative estimate of drug-likeness (QED) is 0.596. The van der Waals surface area contributed by atoms with Crippen molar-refractivity contribution in [3.8, 4) is 0 Å². The van der Waals surface area contributed by atoms with Gasteiger partial charge < -0.3 is 20.0 Å². The average Bonchev–Trinajstić information content (AvgIpc) is 3.10. The molecule has 188 valence electrons. The molecule has 8 heteroatoms. The molecule has 0 aliphatic carbocycles. The molecular formula is C28H32N4O3S. The van der Waals surface area contributed by atoms with Gasteiger partial charge in [0.2, 0.25) is 11.8 Å². The zero-order chi connectivity index (χ0) is 25.1. The van der Waals surface area contributed by atoms with E-state index in [0.717, 1.165) is 36.1 Å². The highest BCUT2D eigenvalue weighted by Crippen LogP contribution is 2.44. The van der Waals surface area contributed by atoms with Gasteiger partial charge in [0.05, 0.1) is 5.25 Å². The molecule has 36 heavy (non-hydrogen) atoms. The Bertz CT molecular complexity index is 1130. The van der Waals surface area contributed by atoms with Gasteiger partial charge in [0, 0.05) is 44.3 Å². The first kappa shape index (κ1) is 24.4. The first-order valence-electron chi connectivity index (χ1n) is 12.6. The minimum atomic E-state index is -0.393. The molecule has 0 spiro atoms. The molecular weight excluding hydrogens is 472 g/mol. The summed E-state index contributed by atoms with van der Waals surface area (Å²) in [6, 6.07) is 17.9. The second kappa shape index (κ2) is 10.8. The summed E-state index contributed by atoms with van der Waals surface area (Å²) in [4.78, 5) is 44.8. The predicted molar refractivity (Wildman–Crippen MR) is 143 cm³/mol. The summed E-state index contributed by atoms with van der Waals surface area (Å²) in [6.45, 7) is 6.14. The van der Waals surface area contributed by atoms with Crippen molar-refractivity contribution in [3.63, 3.8) is 0 Å². The van der Waals surface area contributed by atoms with E-state index in [4.69, 9.17) is 0 Å². The molecule has 3 heterocycles. The monoisotopic (exact) mass is 504 g/mol. The fraction of sp³-hybridized carbons (Fsp3) is 0.393. The van der Waals surface area contributed by atoms with Gasteiger partial charge in [0.15, 0.2) is 0 Å². The molecule has 0 aromatic heterocycles. The summed E-state index contributed by atoms with van der Waals surface area (Å²) < 4.78 is 0. The Morgan fingerprint density at radius 2 is 1.75 bits per heavy atom. The first-order chi connectivity index (χ1) is 17.5. The van der Waals surface area contributed by atoms with Crippen molar-refractivity contribution in [1.29, 1.82) is 0 Å². The number of fused-ring (bicyclic) bond motifs is 1. The van der Waals surface area contributed by atoms with Gasteiger partial charge >= 0.3 is 6.03 Å². The minimum absolute atomic E-state index is 0.00204. The van der Waals surface area contributed by atoms with Crippen LogP contribution in [0.3, 0.4) is 0 Å². The standard InChI is InChI=1S/C28H32N4O3S/c1-2-15-32-26(34)24(36-27(32)21-9-4-3-5-10-21)19-25(33)30-16-13-22(14-17-30)31-18-12-20-8-6-7-11-23(20)29-28(31)35/h2-11,22,24,27H,1,12-19H2,(H,29,35). The SMILES string of the molecule is C=CCN1C(=O)C(CC(=O)N2CCC(N3CCc4ccccc4NC3=O)CC2)SC1c1ccccc1. The van der Waals surface area contributed by atoms with E-state index >= 15 is 0 Å². The van der Waals surface area contributed by atoms with Gasteiger partial charge in [-0.1, -0.05) is 54.6 Å². The maximum Gasteiger partial charge on any atom is 0.322 e. The van der Waals surface area contributed by atoms with Crippen molar-refractivity contribution < 1.29 is 14.4 Å². The van der Waals surface area contributed by atoms with Crippen LogP contribution in [0.4, 0.5) is 10.5 Å². The van der Waals surface area contributed by atoms with E-state index in [1.807, 2.05) is 63.2 Å². The Labute approximate surface area is 216 Å². The van der Waals surface area contributed by atoms with E-state index in [1.165, 1.54) is 0 Å². The number of likely N-dealkylation sites (tertiary alicyclic amines) is 1. The number of hydrogen-bond donors (Lipinski definition) is 1. The largest absolute Gasteiger partial charge is 0.342 e. The smallest absolute Gasteiger partial charge is 0.322 e. The number of hydrogen-bond acceptors (Lipinski definition) is 4. The van der Waals surface area contributed by atoms with Crippen LogP contribution in [0, 0.1) is 0 Å². The predicted octanol–water partition coefficient (Wildman–Crippen LogP) is 4.29. The molecule has 2 aromatic rings. The zero-order valence-corrected chi connectivity index (χ0v) is 21.2. The van der Waals surface area contributed by atoms with E-state index in [-0.39, 0.29) is 35.7 Å². The average molecular weight is 505 g/mol. The van der Waals surface area contributed by atoms with Crippen LogP contribution < -0.4 is 5.32 Å². The Morgan fingerprint density at radius 3 is 2.50 bits per heavy atom. The van der Waals surface area contributed by atoms with Crippen molar-refractivity contribution in [3.05, 3.63) is 78.4 Å². The van der Waals surface area contributed by atoms with Crippen LogP contribution in [0.25, 0.3) is 0 Å². The van der Waals surface area contributed by atoms with Gasteiger partial charge in [-0.3, -0.25) is 9.59 Å². The topological polar surface area (TPSA) is 73.0 Å². The number of carbonyl (C=O) groups is 3. The molecule has 0 bridgehead atoms. The highest BCUT2D eigenvalue weighted by atomic mass is 32.2. The van der Waals surface area contributed by atoms with Gasteiger partial charge in [-0.2, -0.15) is 0 Å². The summed E-state index contributed by atoms with van der Waals surface area (Å²) >= 11 is 1.55. The second-order valence-electron chi connectivity index (χ2n) is 9.51. The Kier molecular flexibility index (Phi) is 7.32. The lowest BCUT2D eigenvalue weighted by Gasteiger charge is -2.38. The molecule has 5 rings (SSSR count). The number of piperidine rings is 1. The van der Waals surface area contributed by atoms with E-state index in [0.29, 0.717) is 26.2 Å². The summed E-state index contributed by atoms with van der Waals surface area (Å²) in [5.41, 5.74) is 3.10. The van der Waals surface area contributed by atoms with Crippen LogP contribution in [0.1, 0.15) is 35.8 Å². The highest BCUT2D eigenvalue weighted by Gasteiger charge is 2.42. The molecule has 2 unspecified atom stereocenters. The molecule has 2 aromatic carbocycles. The molecule has 7 nitrogen and oxygen atoms in total. The van der Waals surface area contributed by atoms with E-state index in [2.05, 4.69) is 18.0 Å². The second-order valence-corrected chi connectivity index (χ2v) is 10.8. The Balaban J connectivity index is 1.17. The molecule has 2 atom stereocenters. The number of thioether (sulfide) groups is 1. The number of benzene rings is 2. The van der Waals surface area contributed by atoms with Gasteiger partial charge in [-0.05, 0) is 36.5 Å². The van der Waals surface area contributed by atoms with Crippen LogP contribution in [0.2, 0.25) is 0 Å². The van der Waals surface area contributed by atoms with Crippen LogP contribution in [-0.4, -0.2) is 70.0 Å². The van der Waals surface area contributed by atoms with E-state index in [1.54, 1.807) is 17.8 Å². The summed E-state index contributed by atoms with van der Waals surface area (Å²) in [7, 11) is 0. The molecule has 0 radical (unpaired) electrons. The van der Waals surface area contributed by atoms with Crippen LogP contribution >= 0.6 is 11.8 Å². The lowest BCUT2D eigenvalue weighted by atomic mass is 10.0. The lowest BCUT2D eigenvalue weighted by Crippen LogP contribution is -2.50. The van der Waals surface area contributed by atoms with Crippen LogP contribution in [-0.2, 0) is 16.0 Å². The summed E-state index contributed by atoms with van der Waals surface area (Å²) in [5, 5.41) is 2.54. The number of para-hydroxylation sites is 1. The highest BCUT2D eigenvalue weighted by molar-refractivity contribution is 8.01. The molecule has 1 N–H and O–H groups in total. The lowest BCUT2D eigenvalue weighted by molar-refractivity contribution is -0.136. The third-order valence-electron chi connectivity index (χ3n) is 7.31. The molecule has 4 amide bonds. The van der Waals surface area contributed by atoms with E-state index < -0.39 is 5.25 Å². The summed E-state index contributed by atoms with van der Waals surface area (Å²) in [5.74, 6) is 0.0112. The van der Waals surface area contributed by atoms with Gasteiger partial charge in [-0.25, -0.2) is 4.79 Å². The molecule has 2 fully saturated rings. The molecule has 3 aliphatic rings. The fourth-order valence-corrected chi connectivity index (χ4v) is 6.83. The van der Waals surface area contributed by atoms with Crippen molar-refractivity contribution in [1.82, 2.24) is 14.7 Å². The fourth-order valence-electron chi connectivity index (χ4n) is 5.38. The molecule has 3 aliphatic heterocycles. The molecule has 0 saturated carbocycles. The number of rotatable bonds is 6. The number of urea groups is 1. The van der Waals surface area contributed by atoms with Gasteiger partial charge in [0.25, 0.3) is 0 Å². The number of nitrogens with zero attached hydrogens (tertiary/aromatic N) is 3. The van der Waals surface area contributed by atoms with E-state index in [9.17, 15) is 14.4 Å². The van der Waals surface area contributed by atoms with Crippen molar-refractivity contribution in [2.24, 2.45) is 0 Å². The van der Waals surface area contributed by atoms with Crippen molar-refractivity contribution in [2.75, 3.05) is 31.5 Å². The minimum Gasteiger partial charge on any atom is -0.342 e. The zero-order valence-electron chi connectivity index (χ0n) is 20.3.